The summed E-state index contributed by atoms with van der Waals surface area (Å²) in [6.07, 6.45) is 4.47. The molecule has 3 heteroatoms. The summed E-state index contributed by atoms with van der Waals surface area (Å²) in [4.78, 5) is 4.51. The first-order valence-electron chi connectivity index (χ1n) is 5.44. The summed E-state index contributed by atoms with van der Waals surface area (Å²) in [5.74, 6) is 0. The van der Waals surface area contributed by atoms with E-state index >= 15 is 0 Å². The third kappa shape index (κ3) is 2.57. The van der Waals surface area contributed by atoms with Crippen LogP contribution in [0.4, 0.5) is 11.4 Å². The molecule has 0 unspecified atom stereocenters. The molecule has 0 radical (unpaired) electrons. The lowest BCUT2D eigenvalue weighted by molar-refractivity contribution is 0.774. The quantitative estimate of drug-likeness (QED) is 0.739. The summed E-state index contributed by atoms with van der Waals surface area (Å²) in [7, 11) is 1.92. The molecule has 1 aromatic carbocycles. The van der Waals surface area contributed by atoms with E-state index in [9.17, 15) is 0 Å². The fraction of sp³-hybridized carbons (Fsp3) is 0.417. The van der Waals surface area contributed by atoms with Gasteiger partial charge < -0.3 is 10.6 Å². The highest BCUT2D eigenvalue weighted by molar-refractivity contribution is 5.75. The lowest BCUT2D eigenvalue weighted by Crippen LogP contribution is -2.22. The number of benzene rings is 1. The molecule has 15 heavy (non-hydrogen) atoms. The monoisotopic (exact) mass is 203 g/mol. The molecule has 0 bridgehead atoms. The molecule has 0 amide bonds. The van der Waals surface area contributed by atoms with Crippen LogP contribution in [0.1, 0.15) is 12.8 Å². The maximum atomic E-state index is 4.51. The molecule has 1 fully saturated rings. The molecule has 3 nitrogen and oxygen atoms in total. The highest BCUT2D eigenvalue weighted by atomic mass is 15.0. The first kappa shape index (κ1) is 10.2. The Morgan fingerprint density at radius 2 is 2.33 bits per heavy atom. The predicted octanol–water partition coefficient (Wildman–Crippen LogP) is 2.18. The van der Waals surface area contributed by atoms with Gasteiger partial charge in [0.15, 0.2) is 0 Å². The molecule has 0 aromatic heterocycles. The summed E-state index contributed by atoms with van der Waals surface area (Å²) in [5, 5.41) is 6.53. The Morgan fingerprint density at radius 1 is 1.47 bits per heavy atom. The van der Waals surface area contributed by atoms with E-state index in [0.717, 1.165) is 17.9 Å². The van der Waals surface area contributed by atoms with E-state index in [-0.39, 0.29) is 0 Å². The van der Waals surface area contributed by atoms with Crippen LogP contribution in [0.5, 0.6) is 0 Å². The van der Waals surface area contributed by atoms with Gasteiger partial charge in [0, 0.05) is 19.3 Å². The fourth-order valence-electron chi connectivity index (χ4n) is 1.81. The van der Waals surface area contributed by atoms with E-state index in [2.05, 4.69) is 15.6 Å². The van der Waals surface area contributed by atoms with Gasteiger partial charge in [0.25, 0.3) is 0 Å². The predicted molar refractivity (Wildman–Crippen MR) is 65.2 cm³/mol. The van der Waals surface area contributed by atoms with Crippen molar-refractivity contribution in [2.45, 2.75) is 18.9 Å². The van der Waals surface area contributed by atoms with Crippen molar-refractivity contribution >= 4 is 17.6 Å². The fourth-order valence-corrected chi connectivity index (χ4v) is 1.81. The van der Waals surface area contributed by atoms with Crippen LogP contribution in [0, 0.1) is 0 Å². The molecule has 1 heterocycles. The molecule has 2 rings (SSSR count). The first-order chi connectivity index (χ1) is 7.40. The number of para-hydroxylation sites is 2. The van der Waals surface area contributed by atoms with Gasteiger partial charge in [-0.05, 0) is 31.5 Å². The van der Waals surface area contributed by atoms with Crippen molar-refractivity contribution in [2.75, 3.05) is 18.9 Å². The van der Waals surface area contributed by atoms with Crippen LogP contribution in [-0.4, -0.2) is 25.8 Å². The number of rotatable bonds is 3. The molecular formula is C12H17N3. The van der Waals surface area contributed by atoms with E-state index in [0.29, 0.717) is 6.04 Å². The third-order valence-corrected chi connectivity index (χ3v) is 2.67. The van der Waals surface area contributed by atoms with E-state index in [1.165, 1.54) is 12.8 Å². The molecule has 0 aliphatic carbocycles. The van der Waals surface area contributed by atoms with Crippen molar-refractivity contribution in [3.63, 3.8) is 0 Å². The molecule has 1 aliphatic heterocycles. The SMILES string of the molecule is CNc1ccccc1N=C[C@@H]1CCCN1. The topological polar surface area (TPSA) is 36.4 Å². The van der Waals surface area contributed by atoms with Crippen molar-refractivity contribution in [3.8, 4) is 0 Å². The summed E-state index contributed by atoms with van der Waals surface area (Å²) < 4.78 is 0. The highest BCUT2D eigenvalue weighted by Gasteiger charge is 2.10. The van der Waals surface area contributed by atoms with Gasteiger partial charge in [-0.2, -0.15) is 0 Å². The smallest absolute Gasteiger partial charge is 0.0857 e. The summed E-state index contributed by atoms with van der Waals surface area (Å²) in [5.41, 5.74) is 2.08. The van der Waals surface area contributed by atoms with Crippen LogP contribution in [0.2, 0.25) is 0 Å². The van der Waals surface area contributed by atoms with Crippen LogP contribution >= 0.6 is 0 Å². The Hall–Kier alpha value is -1.35. The van der Waals surface area contributed by atoms with Gasteiger partial charge in [0.1, 0.15) is 0 Å². The van der Waals surface area contributed by atoms with E-state index in [1.807, 2.05) is 37.5 Å². The molecule has 0 spiro atoms. The van der Waals surface area contributed by atoms with Crippen LogP contribution in [0.3, 0.4) is 0 Å². The van der Waals surface area contributed by atoms with Gasteiger partial charge in [-0.25, -0.2) is 0 Å². The zero-order valence-corrected chi connectivity index (χ0v) is 9.03. The Balaban J connectivity index is 2.08. The van der Waals surface area contributed by atoms with Crippen LogP contribution < -0.4 is 10.6 Å². The molecule has 1 atom stereocenters. The molecule has 2 N–H and O–H groups in total. The Bertz CT molecular complexity index is 340. The van der Waals surface area contributed by atoms with E-state index < -0.39 is 0 Å². The maximum absolute atomic E-state index is 4.51. The zero-order valence-electron chi connectivity index (χ0n) is 9.03. The van der Waals surface area contributed by atoms with E-state index in [4.69, 9.17) is 0 Å². The lowest BCUT2D eigenvalue weighted by Gasteiger charge is -2.05. The number of anilines is 1. The lowest BCUT2D eigenvalue weighted by atomic mass is 10.2. The number of hydrogen-bond acceptors (Lipinski definition) is 3. The number of nitrogens with one attached hydrogen (secondary N) is 2. The van der Waals surface area contributed by atoms with Crippen molar-refractivity contribution < 1.29 is 0 Å². The van der Waals surface area contributed by atoms with Gasteiger partial charge in [-0.3, -0.25) is 4.99 Å². The van der Waals surface area contributed by atoms with Gasteiger partial charge in [0.2, 0.25) is 0 Å². The minimum Gasteiger partial charge on any atom is -0.386 e. The normalized spacial score (nSPS) is 21.0. The standard InChI is InChI=1S/C12H17N3/c1-13-11-6-2-3-7-12(11)15-9-10-5-4-8-14-10/h2-3,6-7,9-10,13-14H,4-5,8H2,1H3/t10-/m0/s1. The zero-order chi connectivity index (χ0) is 10.5. The van der Waals surface area contributed by atoms with Gasteiger partial charge >= 0.3 is 0 Å². The van der Waals surface area contributed by atoms with Crippen LogP contribution in [-0.2, 0) is 0 Å². The average Bonchev–Trinajstić information content (AvgIpc) is 2.79. The number of hydrogen-bond donors (Lipinski definition) is 2. The van der Waals surface area contributed by atoms with Gasteiger partial charge in [0.05, 0.1) is 11.4 Å². The minimum absolute atomic E-state index is 0.454. The van der Waals surface area contributed by atoms with Gasteiger partial charge in [-0.1, -0.05) is 12.1 Å². The second-order valence-electron chi connectivity index (χ2n) is 3.75. The van der Waals surface area contributed by atoms with Crippen molar-refractivity contribution in [1.29, 1.82) is 0 Å². The average molecular weight is 203 g/mol. The molecular weight excluding hydrogens is 186 g/mol. The first-order valence-corrected chi connectivity index (χ1v) is 5.44. The Morgan fingerprint density at radius 3 is 3.07 bits per heavy atom. The van der Waals surface area contributed by atoms with Crippen LogP contribution in [0.25, 0.3) is 0 Å². The number of aliphatic imine (C=N–C) groups is 1. The second-order valence-corrected chi connectivity index (χ2v) is 3.75. The molecule has 1 saturated heterocycles. The maximum Gasteiger partial charge on any atom is 0.0857 e. The molecule has 1 aliphatic rings. The van der Waals surface area contributed by atoms with Crippen molar-refractivity contribution in [2.24, 2.45) is 4.99 Å². The minimum atomic E-state index is 0.454. The van der Waals surface area contributed by atoms with Crippen molar-refractivity contribution in [3.05, 3.63) is 24.3 Å². The van der Waals surface area contributed by atoms with E-state index in [1.54, 1.807) is 0 Å². The number of nitrogens with zero attached hydrogens (tertiary/aromatic N) is 1. The highest BCUT2D eigenvalue weighted by Crippen LogP contribution is 2.23. The Labute approximate surface area is 90.6 Å². The molecule has 0 saturated carbocycles. The summed E-state index contributed by atoms with van der Waals surface area (Å²) in [6, 6.07) is 8.54. The third-order valence-electron chi connectivity index (χ3n) is 2.67. The Kier molecular flexibility index (Phi) is 3.35. The van der Waals surface area contributed by atoms with Crippen molar-refractivity contribution in [1.82, 2.24) is 5.32 Å². The molecule has 1 aromatic rings. The second kappa shape index (κ2) is 4.94. The van der Waals surface area contributed by atoms with Crippen LogP contribution in [0.15, 0.2) is 29.3 Å². The van der Waals surface area contributed by atoms with Gasteiger partial charge in [-0.15, -0.1) is 0 Å². The summed E-state index contributed by atoms with van der Waals surface area (Å²) >= 11 is 0. The molecule has 80 valence electrons. The summed E-state index contributed by atoms with van der Waals surface area (Å²) in [6.45, 7) is 1.12. The largest absolute Gasteiger partial charge is 0.386 e.